The minimum atomic E-state index is 0.307. The van der Waals surface area contributed by atoms with Crippen LogP contribution in [-0.4, -0.2) is 10.1 Å². The Morgan fingerprint density at radius 2 is 1.86 bits per heavy atom. The molecule has 0 aliphatic rings. The minimum Gasteiger partial charge on any atom is -0.507 e. The number of phenolic OH excluding ortho intramolecular Hbond substituents is 1. The number of pyridine rings is 1. The molecule has 1 N–H and O–H groups in total. The highest BCUT2D eigenvalue weighted by molar-refractivity contribution is 5.72. The van der Waals surface area contributed by atoms with Gasteiger partial charge in [0.1, 0.15) is 5.75 Å². The lowest BCUT2D eigenvalue weighted by molar-refractivity contribution is 0.477. The average Bonchev–Trinajstić information content (AvgIpc) is 2.20. The smallest absolute Gasteiger partial charge is 0.123 e. The number of hydrogen-bond donors (Lipinski definition) is 1. The number of benzene rings is 1. The van der Waals surface area contributed by atoms with E-state index in [1.165, 1.54) is 0 Å². The summed E-state index contributed by atoms with van der Waals surface area (Å²) in [6.07, 6.45) is 3.52. The topological polar surface area (TPSA) is 33.1 Å². The van der Waals surface area contributed by atoms with Crippen molar-refractivity contribution in [1.29, 1.82) is 0 Å². The van der Waals surface area contributed by atoms with E-state index in [9.17, 15) is 5.11 Å². The van der Waals surface area contributed by atoms with Crippen molar-refractivity contribution in [2.45, 2.75) is 6.92 Å². The Morgan fingerprint density at radius 3 is 2.57 bits per heavy atom. The van der Waals surface area contributed by atoms with Crippen LogP contribution in [0.1, 0.15) is 5.56 Å². The highest BCUT2D eigenvalue weighted by Crippen LogP contribution is 2.29. The molecule has 0 aliphatic carbocycles. The number of phenols is 1. The molecule has 70 valence electrons. The Hall–Kier alpha value is -1.83. The van der Waals surface area contributed by atoms with Gasteiger partial charge in [-0.1, -0.05) is 18.2 Å². The maximum Gasteiger partial charge on any atom is 0.123 e. The van der Waals surface area contributed by atoms with Crippen molar-refractivity contribution in [1.82, 2.24) is 4.98 Å². The Bertz CT molecular complexity index is 408. The molecule has 2 nitrogen and oxygen atoms in total. The van der Waals surface area contributed by atoms with Crippen molar-refractivity contribution in [3.63, 3.8) is 0 Å². The highest BCUT2D eigenvalue weighted by atomic mass is 16.3. The number of rotatable bonds is 1. The molecule has 0 spiro atoms. The molecule has 0 amide bonds. The summed E-state index contributed by atoms with van der Waals surface area (Å²) in [5.74, 6) is 0.307. The van der Waals surface area contributed by atoms with E-state index in [-0.39, 0.29) is 0 Å². The van der Waals surface area contributed by atoms with E-state index in [0.717, 1.165) is 16.7 Å². The average molecular weight is 185 g/mol. The zero-order valence-electron chi connectivity index (χ0n) is 7.94. The van der Waals surface area contributed by atoms with Gasteiger partial charge in [0.05, 0.1) is 0 Å². The first-order valence-corrected chi connectivity index (χ1v) is 4.48. The van der Waals surface area contributed by atoms with Gasteiger partial charge >= 0.3 is 0 Å². The van der Waals surface area contributed by atoms with E-state index in [4.69, 9.17) is 0 Å². The van der Waals surface area contributed by atoms with Crippen LogP contribution in [0.3, 0.4) is 0 Å². The molecule has 0 aliphatic heterocycles. The van der Waals surface area contributed by atoms with Crippen LogP contribution >= 0.6 is 0 Å². The van der Waals surface area contributed by atoms with Gasteiger partial charge in [0.25, 0.3) is 0 Å². The van der Waals surface area contributed by atoms with Crippen molar-refractivity contribution in [3.8, 4) is 16.9 Å². The summed E-state index contributed by atoms with van der Waals surface area (Å²) >= 11 is 0. The summed E-state index contributed by atoms with van der Waals surface area (Å²) in [6.45, 7) is 1.98. The zero-order valence-corrected chi connectivity index (χ0v) is 7.94. The minimum absolute atomic E-state index is 0.307. The first kappa shape index (κ1) is 8.75. The summed E-state index contributed by atoms with van der Waals surface area (Å²) in [4.78, 5) is 4.02. The lowest BCUT2D eigenvalue weighted by Gasteiger charge is -2.06. The molecule has 1 aromatic heterocycles. The lowest BCUT2D eigenvalue weighted by atomic mass is 10.0. The van der Waals surface area contributed by atoms with Crippen LogP contribution in [-0.2, 0) is 0 Å². The van der Waals surface area contributed by atoms with Crippen LogP contribution in [0.2, 0.25) is 0 Å². The molecule has 0 saturated carbocycles. The van der Waals surface area contributed by atoms with Crippen molar-refractivity contribution in [3.05, 3.63) is 48.3 Å². The number of aryl methyl sites for hydroxylation is 1. The van der Waals surface area contributed by atoms with Crippen molar-refractivity contribution >= 4 is 0 Å². The molecule has 0 bridgehead atoms. The van der Waals surface area contributed by atoms with Crippen LogP contribution in [0.25, 0.3) is 11.1 Å². The summed E-state index contributed by atoms with van der Waals surface area (Å²) < 4.78 is 0. The fourth-order valence-electron chi connectivity index (χ4n) is 1.48. The zero-order chi connectivity index (χ0) is 9.97. The largest absolute Gasteiger partial charge is 0.507 e. The molecule has 0 saturated heterocycles. The van der Waals surface area contributed by atoms with Gasteiger partial charge in [0.2, 0.25) is 0 Å². The van der Waals surface area contributed by atoms with E-state index >= 15 is 0 Å². The van der Waals surface area contributed by atoms with Crippen molar-refractivity contribution in [2.24, 2.45) is 0 Å². The Kier molecular flexibility index (Phi) is 2.19. The third kappa shape index (κ3) is 1.46. The molecular weight excluding hydrogens is 174 g/mol. The van der Waals surface area contributed by atoms with Gasteiger partial charge in [0.15, 0.2) is 0 Å². The van der Waals surface area contributed by atoms with Crippen LogP contribution in [0, 0.1) is 6.92 Å². The second-order valence-electron chi connectivity index (χ2n) is 3.21. The summed E-state index contributed by atoms with van der Waals surface area (Å²) in [5, 5.41) is 9.67. The van der Waals surface area contributed by atoms with E-state index < -0.39 is 0 Å². The SMILES string of the molecule is Cc1cnccc1-c1ccccc1O. The van der Waals surface area contributed by atoms with Crippen LogP contribution in [0.4, 0.5) is 0 Å². The molecular formula is C12H11NO. The maximum absolute atomic E-state index is 9.67. The standard InChI is InChI=1S/C12H11NO/c1-9-8-13-7-6-10(9)11-4-2-3-5-12(11)14/h2-8,14H,1H3. The number of aromatic nitrogens is 1. The van der Waals surface area contributed by atoms with Crippen LogP contribution in [0.15, 0.2) is 42.7 Å². The third-order valence-electron chi connectivity index (χ3n) is 2.21. The molecule has 0 unspecified atom stereocenters. The molecule has 1 heterocycles. The van der Waals surface area contributed by atoms with Gasteiger partial charge < -0.3 is 5.11 Å². The van der Waals surface area contributed by atoms with Crippen LogP contribution < -0.4 is 0 Å². The predicted molar refractivity (Wildman–Crippen MR) is 56.1 cm³/mol. The number of hydrogen-bond acceptors (Lipinski definition) is 2. The molecule has 14 heavy (non-hydrogen) atoms. The Morgan fingerprint density at radius 1 is 1.07 bits per heavy atom. The monoisotopic (exact) mass is 185 g/mol. The predicted octanol–water partition coefficient (Wildman–Crippen LogP) is 2.76. The molecule has 2 rings (SSSR count). The van der Waals surface area contributed by atoms with Gasteiger partial charge in [-0.15, -0.1) is 0 Å². The van der Waals surface area contributed by atoms with E-state index in [2.05, 4.69) is 4.98 Å². The van der Waals surface area contributed by atoms with Gasteiger partial charge in [-0.05, 0) is 30.2 Å². The van der Waals surface area contributed by atoms with Gasteiger partial charge in [-0.2, -0.15) is 0 Å². The number of nitrogens with zero attached hydrogens (tertiary/aromatic N) is 1. The maximum atomic E-state index is 9.67. The quantitative estimate of drug-likeness (QED) is 0.741. The highest BCUT2D eigenvalue weighted by Gasteiger charge is 2.04. The summed E-state index contributed by atoms with van der Waals surface area (Å²) in [6, 6.07) is 9.22. The normalized spacial score (nSPS) is 10.1. The van der Waals surface area contributed by atoms with E-state index in [1.54, 1.807) is 18.5 Å². The first-order valence-electron chi connectivity index (χ1n) is 4.48. The van der Waals surface area contributed by atoms with E-state index in [0.29, 0.717) is 5.75 Å². The first-order chi connectivity index (χ1) is 6.79. The van der Waals surface area contributed by atoms with Gasteiger partial charge in [-0.25, -0.2) is 0 Å². The van der Waals surface area contributed by atoms with Gasteiger partial charge in [0, 0.05) is 18.0 Å². The van der Waals surface area contributed by atoms with Gasteiger partial charge in [-0.3, -0.25) is 4.98 Å². The molecule has 0 fully saturated rings. The second kappa shape index (κ2) is 3.50. The molecule has 0 radical (unpaired) electrons. The third-order valence-corrected chi connectivity index (χ3v) is 2.21. The molecule has 0 atom stereocenters. The molecule has 1 aromatic carbocycles. The lowest BCUT2D eigenvalue weighted by Crippen LogP contribution is -1.84. The second-order valence-corrected chi connectivity index (χ2v) is 3.21. The fraction of sp³-hybridized carbons (Fsp3) is 0.0833. The molecule has 2 heteroatoms. The van der Waals surface area contributed by atoms with E-state index in [1.807, 2.05) is 31.2 Å². The van der Waals surface area contributed by atoms with Crippen molar-refractivity contribution < 1.29 is 5.11 Å². The number of para-hydroxylation sites is 1. The fourth-order valence-corrected chi connectivity index (χ4v) is 1.48. The Balaban J connectivity index is 2.61. The number of aromatic hydroxyl groups is 1. The summed E-state index contributed by atoms with van der Waals surface area (Å²) in [5.41, 5.74) is 2.94. The Labute approximate surface area is 82.9 Å². The molecule has 2 aromatic rings. The van der Waals surface area contributed by atoms with Crippen molar-refractivity contribution in [2.75, 3.05) is 0 Å². The summed E-state index contributed by atoms with van der Waals surface area (Å²) in [7, 11) is 0. The van der Waals surface area contributed by atoms with Crippen LogP contribution in [0.5, 0.6) is 5.75 Å².